The molecule has 0 unspecified atom stereocenters. The molecule has 3 amide bonds. The molecule has 0 aromatic heterocycles. The van der Waals surface area contributed by atoms with Gasteiger partial charge in [0.1, 0.15) is 0 Å². The average Bonchev–Trinajstić information content (AvgIpc) is 2.47. The maximum Gasteiger partial charge on any atom is 0.319 e. The largest absolute Gasteiger partial charge is 0.366 e. The molecule has 0 fully saturated rings. The Kier molecular flexibility index (Phi) is 4.56. The highest BCUT2D eigenvalue weighted by Gasteiger charge is 2.07. The molecule has 0 aliphatic rings. The van der Waals surface area contributed by atoms with Gasteiger partial charge in [0.25, 0.3) is 0 Å². The second-order valence-corrected chi connectivity index (χ2v) is 4.69. The van der Waals surface area contributed by atoms with Crippen LogP contribution in [0.25, 0.3) is 0 Å². The number of benzene rings is 2. The van der Waals surface area contributed by atoms with Gasteiger partial charge in [0.05, 0.1) is 0 Å². The number of carbonyl (C=O) groups excluding carboxylic acids is 2. The Balaban J connectivity index is 1.95. The number of aryl methyl sites for hydroxylation is 1. The number of anilines is 1. The zero-order valence-corrected chi connectivity index (χ0v) is 11.7. The molecule has 108 valence electrons. The predicted molar refractivity (Wildman–Crippen MR) is 82.0 cm³/mol. The molecule has 0 saturated carbocycles. The lowest BCUT2D eigenvalue weighted by molar-refractivity contribution is 0.0999. The van der Waals surface area contributed by atoms with Gasteiger partial charge in [-0.2, -0.15) is 0 Å². The minimum absolute atomic E-state index is 0.303. The van der Waals surface area contributed by atoms with E-state index in [-0.39, 0.29) is 6.03 Å². The van der Waals surface area contributed by atoms with Crippen LogP contribution >= 0.6 is 0 Å². The smallest absolute Gasteiger partial charge is 0.319 e. The number of primary amides is 1. The van der Waals surface area contributed by atoms with Gasteiger partial charge in [-0.15, -0.1) is 0 Å². The fourth-order valence-electron chi connectivity index (χ4n) is 1.92. The fourth-order valence-corrected chi connectivity index (χ4v) is 1.92. The first-order chi connectivity index (χ1) is 10.1. The van der Waals surface area contributed by atoms with E-state index in [1.807, 2.05) is 37.3 Å². The second kappa shape index (κ2) is 6.56. The number of urea groups is 1. The summed E-state index contributed by atoms with van der Waals surface area (Å²) in [5.41, 5.74) is 8.13. The van der Waals surface area contributed by atoms with Gasteiger partial charge < -0.3 is 16.4 Å². The number of hydrogen-bond acceptors (Lipinski definition) is 2. The van der Waals surface area contributed by atoms with Gasteiger partial charge in [-0.1, -0.05) is 30.3 Å². The first-order valence-corrected chi connectivity index (χ1v) is 6.55. The molecule has 2 aromatic carbocycles. The number of amides is 3. The number of hydrogen-bond donors (Lipinski definition) is 3. The monoisotopic (exact) mass is 283 g/mol. The van der Waals surface area contributed by atoms with Gasteiger partial charge in [0.2, 0.25) is 5.91 Å². The molecule has 0 atom stereocenters. The lowest BCUT2D eigenvalue weighted by atomic mass is 10.0. The van der Waals surface area contributed by atoms with Crippen LogP contribution in [0, 0.1) is 6.92 Å². The molecule has 0 radical (unpaired) electrons. The van der Waals surface area contributed by atoms with Crippen LogP contribution < -0.4 is 16.4 Å². The van der Waals surface area contributed by atoms with Crippen LogP contribution in [0.4, 0.5) is 10.5 Å². The van der Waals surface area contributed by atoms with Crippen LogP contribution in [-0.4, -0.2) is 11.9 Å². The summed E-state index contributed by atoms with van der Waals surface area (Å²) in [5.74, 6) is -0.469. The summed E-state index contributed by atoms with van der Waals surface area (Å²) in [4.78, 5) is 23.0. The Bertz CT molecular complexity index is 654. The normalized spacial score (nSPS) is 9.95. The average molecular weight is 283 g/mol. The van der Waals surface area contributed by atoms with Crippen molar-refractivity contribution >= 4 is 17.6 Å². The van der Waals surface area contributed by atoms with Crippen LogP contribution in [-0.2, 0) is 6.54 Å². The van der Waals surface area contributed by atoms with Crippen molar-refractivity contribution < 1.29 is 9.59 Å². The van der Waals surface area contributed by atoms with E-state index in [4.69, 9.17) is 5.73 Å². The van der Waals surface area contributed by atoms with Crippen LogP contribution in [0.15, 0.2) is 48.5 Å². The molecule has 0 aliphatic carbocycles. The van der Waals surface area contributed by atoms with Gasteiger partial charge in [0, 0.05) is 17.8 Å². The Labute approximate surface area is 123 Å². The highest BCUT2D eigenvalue weighted by Crippen LogP contribution is 2.11. The van der Waals surface area contributed by atoms with Crippen molar-refractivity contribution in [1.82, 2.24) is 5.32 Å². The third kappa shape index (κ3) is 4.07. The zero-order valence-electron chi connectivity index (χ0n) is 11.7. The number of nitrogens with one attached hydrogen (secondary N) is 2. The molecule has 5 heteroatoms. The van der Waals surface area contributed by atoms with E-state index in [0.717, 1.165) is 16.8 Å². The molecular weight excluding hydrogens is 266 g/mol. The minimum atomic E-state index is -0.469. The molecule has 0 heterocycles. The first-order valence-electron chi connectivity index (χ1n) is 6.55. The summed E-state index contributed by atoms with van der Waals surface area (Å²) in [7, 11) is 0. The summed E-state index contributed by atoms with van der Waals surface area (Å²) in [6.45, 7) is 2.14. The third-order valence-corrected chi connectivity index (χ3v) is 3.05. The highest BCUT2D eigenvalue weighted by molar-refractivity contribution is 5.94. The maximum absolute atomic E-state index is 11.8. The highest BCUT2D eigenvalue weighted by atomic mass is 16.2. The van der Waals surface area contributed by atoms with Crippen molar-refractivity contribution in [3.05, 3.63) is 65.2 Å². The SMILES string of the molecule is Cc1ccc(CNC(=O)Nc2ccccc2)cc1C(N)=O. The van der Waals surface area contributed by atoms with E-state index < -0.39 is 5.91 Å². The van der Waals surface area contributed by atoms with Gasteiger partial charge in [-0.3, -0.25) is 4.79 Å². The van der Waals surface area contributed by atoms with Gasteiger partial charge in [0.15, 0.2) is 0 Å². The second-order valence-electron chi connectivity index (χ2n) is 4.69. The Hall–Kier alpha value is -2.82. The van der Waals surface area contributed by atoms with Crippen molar-refractivity contribution in [3.8, 4) is 0 Å². The van der Waals surface area contributed by atoms with E-state index in [9.17, 15) is 9.59 Å². The topological polar surface area (TPSA) is 84.2 Å². The lowest BCUT2D eigenvalue weighted by Crippen LogP contribution is -2.28. The summed E-state index contributed by atoms with van der Waals surface area (Å²) in [6.07, 6.45) is 0. The standard InChI is InChI=1S/C16H17N3O2/c1-11-7-8-12(9-14(11)15(17)20)10-18-16(21)19-13-5-3-2-4-6-13/h2-9H,10H2,1H3,(H2,17,20)(H2,18,19,21). The third-order valence-electron chi connectivity index (χ3n) is 3.05. The molecule has 0 spiro atoms. The molecule has 0 saturated heterocycles. The molecule has 2 rings (SSSR count). The van der Waals surface area contributed by atoms with Crippen LogP contribution in [0.1, 0.15) is 21.5 Å². The molecular formula is C16H17N3O2. The Morgan fingerprint density at radius 1 is 1.10 bits per heavy atom. The van der Waals surface area contributed by atoms with Crippen molar-refractivity contribution in [1.29, 1.82) is 0 Å². The fraction of sp³-hybridized carbons (Fsp3) is 0.125. The molecule has 21 heavy (non-hydrogen) atoms. The van der Waals surface area contributed by atoms with Gasteiger partial charge in [-0.05, 0) is 36.2 Å². The van der Waals surface area contributed by atoms with Crippen molar-refractivity contribution in [2.45, 2.75) is 13.5 Å². The van der Waals surface area contributed by atoms with E-state index in [1.165, 1.54) is 0 Å². The van der Waals surface area contributed by atoms with Crippen molar-refractivity contribution in [3.63, 3.8) is 0 Å². The number of carbonyl (C=O) groups is 2. The summed E-state index contributed by atoms with van der Waals surface area (Å²) < 4.78 is 0. The van der Waals surface area contributed by atoms with E-state index in [2.05, 4.69) is 10.6 Å². The number of nitrogens with two attached hydrogens (primary N) is 1. The molecule has 4 N–H and O–H groups in total. The summed E-state index contributed by atoms with van der Waals surface area (Å²) in [5, 5.41) is 5.45. The van der Waals surface area contributed by atoms with Crippen LogP contribution in [0.3, 0.4) is 0 Å². The van der Waals surface area contributed by atoms with Crippen molar-refractivity contribution in [2.75, 3.05) is 5.32 Å². The van der Waals surface area contributed by atoms with Gasteiger partial charge in [-0.25, -0.2) is 4.79 Å². The van der Waals surface area contributed by atoms with E-state index in [1.54, 1.807) is 18.2 Å². The quantitative estimate of drug-likeness (QED) is 0.805. The first kappa shape index (κ1) is 14.6. The van der Waals surface area contributed by atoms with Crippen LogP contribution in [0.2, 0.25) is 0 Å². The lowest BCUT2D eigenvalue weighted by Gasteiger charge is -2.09. The zero-order chi connectivity index (χ0) is 15.2. The Morgan fingerprint density at radius 2 is 1.81 bits per heavy atom. The molecule has 5 nitrogen and oxygen atoms in total. The molecule has 0 bridgehead atoms. The van der Waals surface area contributed by atoms with E-state index >= 15 is 0 Å². The number of rotatable bonds is 4. The summed E-state index contributed by atoms with van der Waals surface area (Å²) >= 11 is 0. The number of para-hydroxylation sites is 1. The minimum Gasteiger partial charge on any atom is -0.366 e. The predicted octanol–water partition coefficient (Wildman–Crippen LogP) is 2.42. The summed E-state index contributed by atoms with van der Waals surface area (Å²) in [6, 6.07) is 14.2. The van der Waals surface area contributed by atoms with Crippen molar-refractivity contribution in [2.24, 2.45) is 5.73 Å². The molecule has 2 aromatic rings. The van der Waals surface area contributed by atoms with E-state index in [0.29, 0.717) is 12.1 Å². The maximum atomic E-state index is 11.8. The van der Waals surface area contributed by atoms with Gasteiger partial charge >= 0.3 is 6.03 Å². The molecule has 0 aliphatic heterocycles. The Morgan fingerprint density at radius 3 is 2.48 bits per heavy atom. The van der Waals surface area contributed by atoms with Crippen LogP contribution in [0.5, 0.6) is 0 Å².